The Kier molecular flexibility index (Phi) is 7.12. The van der Waals surface area contributed by atoms with Crippen LogP contribution in [0.2, 0.25) is 0 Å². The van der Waals surface area contributed by atoms with Crippen molar-refractivity contribution in [2.75, 3.05) is 6.61 Å². The quantitative estimate of drug-likeness (QED) is 0.314. The van der Waals surface area contributed by atoms with E-state index >= 15 is 0 Å². The van der Waals surface area contributed by atoms with E-state index in [1.807, 2.05) is 6.92 Å². The number of hydrogen-bond donors (Lipinski definition) is 5. The number of rotatable bonds is 6. The number of carbonyl (C=O) groups excluding carboxylic acids is 3. The highest BCUT2D eigenvalue weighted by atomic mass is 16.7. The molecule has 1 unspecified atom stereocenters. The molecule has 4 fully saturated rings. The summed E-state index contributed by atoms with van der Waals surface area (Å²) in [5.74, 6) is -1.72. The lowest BCUT2D eigenvalue weighted by Crippen LogP contribution is -2.67. The summed E-state index contributed by atoms with van der Waals surface area (Å²) in [6.07, 6.45) is 6.76. The smallest absolute Gasteiger partial charge is 0.333 e. The van der Waals surface area contributed by atoms with E-state index < -0.39 is 34.8 Å². The third-order valence-electron chi connectivity index (χ3n) is 12.0. The number of hydrogen-bond acceptors (Lipinski definition) is 9. The molecule has 11 heteroatoms. The summed E-state index contributed by atoms with van der Waals surface area (Å²) in [5, 5.41) is 46.4. The maximum Gasteiger partial charge on any atom is 0.333 e. The molecule has 2 heterocycles. The number of cyclic esters (lactones) is 1. The molecule has 5 N–H and O–H groups in total. The van der Waals surface area contributed by atoms with Crippen LogP contribution < -0.4 is 10.2 Å². The molecular weight excluding hydrogens is 544 g/mol. The lowest BCUT2D eigenvalue weighted by atomic mass is 9.42. The van der Waals surface area contributed by atoms with Gasteiger partial charge in [-0.05, 0) is 86.0 Å². The fraction of sp³-hybridized carbons (Fsp3) is 0.710. The Morgan fingerprint density at radius 1 is 1.05 bits per heavy atom. The zero-order valence-electron chi connectivity index (χ0n) is 24.3. The summed E-state index contributed by atoms with van der Waals surface area (Å²) in [5.41, 5.74) is -0.936. The average molecular weight is 587 g/mol. The van der Waals surface area contributed by atoms with E-state index in [0.29, 0.717) is 23.5 Å². The van der Waals surface area contributed by atoms with Gasteiger partial charge < -0.3 is 35.3 Å². The monoisotopic (exact) mass is 586 g/mol. The molecular formula is C31H42N2O9. The number of amides is 1. The molecule has 4 aliphatic carbocycles. The first-order chi connectivity index (χ1) is 19.9. The molecule has 9 atom stereocenters. The molecule has 0 bridgehead atoms. The van der Waals surface area contributed by atoms with Crippen LogP contribution in [0.15, 0.2) is 23.8 Å². The van der Waals surface area contributed by atoms with Crippen LogP contribution in [0.5, 0.6) is 11.8 Å². The molecule has 0 radical (unpaired) electrons. The second-order valence-electron chi connectivity index (χ2n) is 13.7. The van der Waals surface area contributed by atoms with Gasteiger partial charge in [-0.3, -0.25) is 4.79 Å². The van der Waals surface area contributed by atoms with Gasteiger partial charge in [-0.1, -0.05) is 13.8 Å². The standard InChI is InChI=1S/C31H42N2O9/c1-29-11-9-19(32-24(35)5-8-27(38)42-33-25(36)6-7-26(33)37)14-18(29)3-4-21-22(29)15-23(34)30(2)20(10-12-31(21,30)40)17-13-28(39)41-16-17/h6-7,13,18-23,34,36-37,40H,3-5,8-12,14-16H2,1-2H3,(H,32,35)/t18-,19?,20-,21-,22+,23-,29+,30+,31+/m1/s1. The van der Waals surface area contributed by atoms with Gasteiger partial charge in [-0.2, -0.15) is 0 Å². The van der Waals surface area contributed by atoms with E-state index in [1.165, 1.54) is 12.1 Å². The van der Waals surface area contributed by atoms with Gasteiger partial charge in [-0.25, -0.2) is 9.59 Å². The van der Waals surface area contributed by atoms with Crippen molar-refractivity contribution < 1.29 is 44.4 Å². The maximum atomic E-state index is 12.7. The highest BCUT2D eigenvalue weighted by molar-refractivity contribution is 5.85. The van der Waals surface area contributed by atoms with Crippen LogP contribution in [0.1, 0.15) is 78.1 Å². The topological polar surface area (TPSA) is 168 Å². The second-order valence-corrected chi connectivity index (χ2v) is 13.7. The number of aromatic hydroxyl groups is 2. The first-order valence-corrected chi connectivity index (χ1v) is 15.2. The zero-order valence-corrected chi connectivity index (χ0v) is 24.3. The molecule has 0 saturated heterocycles. The number of ether oxygens (including phenoxy) is 1. The molecule has 1 amide bonds. The van der Waals surface area contributed by atoms with Crippen LogP contribution in [0, 0.1) is 34.5 Å². The normalized spacial score (nSPS) is 40.8. The zero-order chi connectivity index (χ0) is 30.0. The van der Waals surface area contributed by atoms with Gasteiger partial charge in [0, 0.05) is 36.1 Å². The minimum atomic E-state index is -1.02. The second kappa shape index (κ2) is 10.3. The minimum absolute atomic E-state index is 0.0229. The van der Waals surface area contributed by atoms with E-state index in [0.717, 1.165) is 44.1 Å². The Bertz CT molecular complexity index is 1290. The summed E-state index contributed by atoms with van der Waals surface area (Å²) in [6, 6.07) is 2.35. The number of aliphatic hydroxyl groups is 2. The average Bonchev–Trinajstić information content (AvgIpc) is 3.60. The van der Waals surface area contributed by atoms with Gasteiger partial charge in [-0.15, -0.1) is 4.73 Å². The largest absolute Gasteiger partial charge is 0.492 e. The number of aromatic nitrogens is 1. The van der Waals surface area contributed by atoms with E-state index in [4.69, 9.17) is 9.57 Å². The van der Waals surface area contributed by atoms with Crippen LogP contribution in [0.25, 0.3) is 0 Å². The summed E-state index contributed by atoms with van der Waals surface area (Å²) >= 11 is 0. The van der Waals surface area contributed by atoms with Crippen molar-refractivity contribution in [3.63, 3.8) is 0 Å². The fourth-order valence-electron chi connectivity index (χ4n) is 9.68. The molecule has 0 aromatic carbocycles. The fourth-order valence-corrected chi connectivity index (χ4v) is 9.68. The molecule has 42 heavy (non-hydrogen) atoms. The number of esters is 1. The lowest BCUT2D eigenvalue weighted by Gasteiger charge is -2.65. The summed E-state index contributed by atoms with van der Waals surface area (Å²) < 4.78 is 5.80. The van der Waals surface area contributed by atoms with E-state index in [9.17, 15) is 34.8 Å². The highest BCUT2D eigenvalue weighted by Gasteiger charge is 2.70. The SMILES string of the molecule is C[C@]12CCC(NC(=O)CCC(=O)On3c(O)ccc3O)C[C@H]1CC[C@@H]1[C@@H]2C[C@@H](O)[C@]2(C)[C@@H](C3=CC(=O)OC3)CC[C@]12O. The molecule has 0 spiro atoms. The first-order valence-electron chi connectivity index (χ1n) is 15.2. The predicted octanol–water partition coefficient (Wildman–Crippen LogP) is 2.35. The molecule has 5 aliphatic rings. The Labute approximate surface area is 244 Å². The molecule has 6 rings (SSSR count). The van der Waals surface area contributed by atoms with Gasteiger partial charge in [0.25, 0.3) is 0 Å². The Hall–Kier alpha value is -3.05. The van der Waals surface area contributed by atoms with Crippen molar-refractivity contribution in [3.05, 3.63) is 23.8 Å². The number of nitrogens with zero attached hydrogens (tertiary/aromatic N) is 1. The summed E-state index contributed by atoms with van der Waals surface area (Å²) in [7, 11) is 0. The van der Waals surface area contributed by atoms with Crippen molar-refractivity contribution in [2.24, 2.45) is 34.5 Å². The van der Waals surface area contributed by atoms with E-state index in [2.05, 4.69) is 12.2 Å². The van der Waals surface area contributed by atoms with Gasteiger partial charge in [0.05, 0.1) is 18.1 Å². The van der Waals surface area contributed by atoms with Crippen molar-refractivity contribution >= 4 is 17.8 Å². The molecule has 230 valence electrons. The van der Waals surface area contributed by atoms with Gasteiger partial charge in [0.1, 0.15) is 6.61 Å². The maximum absolute atomic E-state index is 12.7. The van der Waals surface area contributed by atoms with Crippen LogP contribution in [0.4, 0.5) is 0 Å². The number of nitrogens with one attached hydrogen (secondary N) is 1. The predicted molar refractivity (Wildman–Crippen MR) is 148 cm³/mol. The van der Waals surface area contributed by atoms with Gasteiger partial charge in [0.15, 0.2) is 0 Å². The van der Waals surface area contributed by atoms with Crippen molar-refractivity contribution in [1.82, 2.24) is 10.0 Å². The molecule has 1 aromatic rings. The number of fused-ring (bicyclic) bond motifs is 5. The van der Waals surface area contributed by atoms with E-state index in [-0.39, 0.29) is 60.5 Å². The first kappa shape index (κ1) is 29.0. The Balaban J connectivity index is 1.08. The van der Waals surface area contributed by atoms with Gasteiger partial charge >= 0.3 is 11.9 Å². The van der Waals surface area contributed by atoms with Gasteiger partial charge in [0.2, 0.25) is 17.7 Å². The minimum Gasteiger partial charge on any atom is -0.492 e. The molecule has 11 nitrogen and oxygen atoms in total. The lowest BCUT2D eigenvalue weighted by molar-refractivity contribution is -0.243. The third kappa shape index (κ3) is 4.42. The summed E-state index contributed by atoms with van der Waals surface area (Å²) in [4.78, 5) is 41.6. The van der Waals surface area contributed by atoms with Crippen LogP contribution >= 0.6 is 0 Å². The number of aliphatic hydroxyl groups excluding tert-OH is 1. The van der Waals surface area contributed by atoms with E-state index in [1.54, 1.807) is 6.08 Å². The van der Waals surface area contributed by atoms with Crippen molar-refractivity contribution in [2.45, 2.75) is 95.8 Å². The van der Waals surface area contributed by atoms with Crippen molar-refractivity contribution in [3.8, 4) is 11.8 Å². The summed E-state index contributed by atoms with van der Waals surface area (Å²) in [6.45, 7) is 4.55. The Morgan fingerprint density at radius 3 is 2.48 bits per heavy atom. The Morgan fingerprint density at radius 2 is 1.79 bits per heavy atom. The van der Waals surface area contributed by atoms with Crippen molar-refractivity contribution in [1.29, 1.82) is 0 Å². The molecule has 4 saturated carbocycles. The number of carbonyl (C=O) groups is 3. The van der Waals surface area contributed by atoms with Crippen LogP contribution in [0.3, 0.4) is 0 Å². The van der Waals surface area contributed by atoms with Crippen LogP contribution in [-0.4, -0.2) is 67.4 Å². The molecule has 1 aliphatic heterocycles. The third-order valence-corrected chi connectivity index (χ3v) is 12.0. The molecule has 1 aromatic heterocycles. The van der Waals surface area contributed by atoms with Crippen LogP contribution in [-0.2, 0) is 19.1 Å². The highest BCUT2D eigenvalue weighted by Crippen LogP contribution is 2.69.